The molecule has 0 amide bonds. The van der Waals surface area contributed by atoms with Crippen molar-refractivity contribution in [1.82, 2.24) is 5.32 Å². The van der Waals surface area contributed by atoms with E-state index in [1.807, 2.05) is 0 Å². The Balaban J connectivity index is 3.77. The molecule has 1 atom stereocenters. The highest BCUT2D eigenvalue weighted by molar-refractivity contribution is 4.81. The van der Waals surface area contributed by atoms with Crippen LogP contribution in [0.3, 0.4) is 0 Å². The average Bonchev–Trinajstić information content (AvgIpc) is 2.20. The number of aliphatic hydroxyl groups excluding tert-OH is 1. The van der Waals surface area contributed by atoms with Gasteiger partial charge in [0.1, 0.15) is 0 Å². The van der Waals surface area contributed by atoms with Gasteiger partial charge in [0.05, 0.1) is 12.2 Å². The molecule has 0 aliphatic carbocycles. The SMILES string of the molecule is CCCNC(C)(CO)CCCOC(C)(C)C. The fraction of sp³-hybridized carbons (Fsp3) is 1.00. The molecule has 98 valence electrons. The van der Waals surface area contributed by atoms with Crippen molar-refractivity contribution in [2.24, 2.45) is 0 Å². The van der Waals surface area contributed by atoms with Crippen molar-refractivity contribution in [2.45, 2.75) is 65.0 Å². The highest BCUT2D eigenvalue weighted by atomic mass is 16.5. The molecule has 0 spiro atoms. The second kappa shape index (κ2) is 7.25. The lowest BCUT2D eigenvalue weighted by molar-refractivity contribution is -0.00802. The van der Waals surface area contributed by atoms with E-state index >= 15 is 0 Å². The van der Waals surface area contributed by atoms with Crippen LogP contribution >= 0.6 is 0 Å². The molecule has 2 N–H and O–H groups in total. The first-order valence-electron chi connectivity index (χ1n) is 6.33. The van der Waals surface area contributed by atoms with Crippen molar-refractivity contribution in [2.75, 3.05) is 19.8 Å². The van der Waals surface area contributed by atoms with Gasteiger partial charge in [-0.25, -0.2) is 0 Å². The smallest absolute Gasteiger partial charge is 0.0610 e. The second-order valence-corrected chi connectivity index (χ2v) is 5.71. The zero-order valence-electron chi connectivity index (χ0n) is 11.6. The molecular formula is C13H29NO2. The third kappa shape index (κ3) is 8.08. The van der Waals surface area contributed by atoms with E-state index in [9.17, 15) is 5.11 Å². The van der Waals surface area contributed by atoms with Crippen LogP contribution in [-0.4, -0.2) is 36.0 Å². The summed E-state index contributed by atoms with van der Waals surface area (Å²) in [6.45, 7) is 12.3. The minimum Gasteiger partial charge on any atom is -0.394 e. The molecule has 3 nitrogen and oxygen atoms in total. The van der Waals surface area contributed by atoms with Crippen molar-refractivity contribution in [3.8, 4) is 0 Å². The van der Waals surface area contributed by atoms with Gasteiger partial charge in [-0.05, 0) is 53.5 Å². The predicted octanol–water partition coefficient (Wildman–Crippen LogP) is 2.33. The van der Waals surface area contributed by atoms with E-state index in [1.54, 1.807) is 0 Å². The minimum absolute atomic E-state index is 0.0630. The summed E-state index contributed by atoms with van der Waals surface area (Å²) in [5.74, 6) is 0. The number of hydrogen-bond acceptors (Lipinski definition) is 3. The maximum atomic E-state index is 9.37. The van der Waals surface area contributed by atoms with Crippen LogP contribution in [0.1, 0.15) is 53.9 Å². The van der Waals surface area contributed by atoms with Gasteiger partial charge in [0.2, 0.25) is 0 Å². The van der Waals surface area contributed by atoms with Crippen molar-refractivity contribution in [3.63, 3.8) is 0 Å². The van der Waals surface area contributed by atoms with Crippen LogP contribution < -0.4 is 5.32 Å². The lowest BCUT2D eigenvalue weighted by Crippen LogP contribution is -2.46. The van der Waals surface area contributed by atoms with Gasteiger partial charge < -0.3 is 15.2 Å². The van der Waals surface area contributed by atoms with E-state index in [0.717, 1.165) is 32.4 Å². The van der Waals surface area contributed by atoms with Crippen LogP contribution in [0.5, 0.6) is 0 Å². The molecule has 0 heterocycles. The molecule has 0 fully saturated rings. The van der Waals surface area contributed by atoms with E-state index in [1.165, 1.54) is 0 Å². The lowest BCUT2D eigenvalue weighted by Gasteiger charge is -2.29. The molecule has 0 saturated heterocycles. The van der Waals surface area contributed by atoms with Crippen molar-refractivity contribution in [1.29, 1.82) is 0 Å². The summed E-state index contributed by atoms with van der Waals surface area (Å²) in [6, 6.07) is 0. The largest absolute Gasteiger partial charge is 0.394 e. The van der Waals surface area contributed by atoms with Gasteiger partial charge in [-0.1, -0.05) is 6.92 Å². The highest BCUT2D eigenvalue weighted by Gasteiger charge is 2.21. The van der Waals surface area contributed by atoms with Crippen LogP contribution in [-0.2, 0) is 4.74 Å². The minimum atomic E-state index is -0.156. The number of aliphatic hydroxyl groups is 1. The zero-order chi connectivity index (χ0) is 12.7. The van der Waals surface area contributed by atoms with Gasteiger partial charge in [-0.15, -0.1) is 0 Å². The maximum Gasteiger partial charge on any atom is 0.0610 e. The van der Waals surface area contributed by atoms with Gasteiger partial charge in [-0.2, -0.15) is 0 Å². The Morgan fingerprint density at radius 1 is 1.19 bits per heavy atom. The summed E-state index contributed by atoms with van der Waals surface area (Å²) >= 11 is 0. The predicted molar refractivity (Wildman–Crippen MR) is 68.7 cm³/mol. The van der Waals surface area contributed by atoms with Gasteiger partial charge in [0.15, 0.2) is 0 Å². The van der Waals surface area contributed by atoms with Crippen LogP contribution in [0.2, 0.25) is 0 Å². The molecule has 0 aliphatic rings. The van der Waals surface area contributed by atoms with E-state index in [-0.39, 0.29) is 17.7 Å². The van der Waals surface area contributed by atoms with Gasteiger partial charge >= 0.3 is 0 Å². The van der Waals surface area contributed by atoms with Crippen LogP contribution in [0.4, 0.5) is 0 Å². The average molecular weight is 231 g/mol. The quantitative estimate of drug-likeness (QED) is 0.630. The van der Waals surface area contributed by atoms with E-state index in [2.05, 4.69) is 39.9 Å². The van der Waals surface area contributed by atoms with Crippen LogP contribution in [0.15, 0.2) is 0 Å². The Labute approximate surface area is 101 Å². The van der Waals surface area contributed by atoms with Gasteiger partial charge in [-0.3, -0.25) is 0 Å². The maximum absolute atomic E-state index is 9.37. The molecule has 0 aliphatic heterocycles. The first kappa shape index (κ1) is 15.9. The van der Waals surface area contributed by atoms with Crippen molar-refractivity contribution >= 4 is 0 Å². The molecule has 0 rings (SSSR count). The molecule has 0 aromatic heterocycles. The topological polar surface area (TPSA) is 41.5 Å². The first-order chi connectivity index (χ1) is 7.33. The third-order valence-corrected chi connectivity index (χ3v) is 2.56. The molecule has 16 heavy (non-hydrogen) atoms. The highest BCUT2D eigenvalue weighted by Crippen LogP contribution is 2.14. The summed E-state index contributed by atoms with van der Waals surface area (Å²) < 4.78 is 5.66. The Morgan fingerprint density at radius 2 is 1.81 bits per heavy atom. The number of hydrogen-bond donors (Lipinski definition) is 2. The Hall–Kier alpha value is -0.120. The summed E-state index contributed by atoms with van der Waals surface area (Å²) in [4.78, 5) is 0. The standard InChI is InChI=1S/C13H29NO2/c1-6-9-14-13(5,11-15)8-7-10-16-12(2,3)4/h14-15H,6-11H2,1-5H3. The normalized spacial score (nSPS) is 16.1. The molecule has 0 radical (unpaired) electrons. The fourth-order valence-corrected chi connectivity index (χ4v) is 1.49. The molecule has 0 aromatic carbocycles. The Bertz CT molecular complexity index is 177. The lowest BCUT2D eigenvalue weighted by atomic mass is 9.97. The van der Waals surface area contributed by atoms with E-state index < -0.39 is 0 Å². The summed E-state index contributed by atoms with van der Waals surface area (Å²) in [5, 5.41) is 12.8. The monoisotopic (exact) mass is 231 g/mol. The molecule has 0 saturated carbocycles. The second-order valence-electron chi connectivity index (χ2n) is 5.71. The fourth-order valence-electron chi connectivity index (χ4n) is 1.49. The van der Waals surface area contributed by atoms with Gasteiger partial charge in [0.25, 0.3) is 0 Å². The first-order valence-corrected chi connectivity index (χ1v) is 6.33. The van der Waals surface area contributed by atoms with Crippen molar-refractivity contribution in [3.05, 3.63) is 0 Å². The molecule has 3 heteroatoms. The Kier molecular flexibility index (Phi) is 7.20. The number of ether oxygens (including phenoxy) is 1. The van der Waals surface area contributed by atoms with E-state index in [0.29, 0.717) is 0 Å². The van der Waals surface area contributed by atoms with Crippen LogP contribution in [0.25, 0.3) is 0 Å². The van der Waals surface area contributed by atoms with Gasteiger partial charge in [0, 0.05) is 12.1 Å². The number of nitrogens with one attached hydrogen (secondary N) is 1. The Morgan fingerprint density at radius 3 is 2.25 bits per heavy atom. The zero-order valence-corrected chi connectivity index (χ0v) is 11.6. The van der Waals surface area contributed by atoms with Crippen molar-refractivity contribution < 1.29 is 9.84 Å². The number of rotatable bonds is 8. The third-order valence-electron chi connectivity index (χ3n) is 2.56. The molecule has 1 unspecified atom stereocenters. The molecular weight excluding hydrogens is 202 g/mol. The summed E-state index contributed by atoms with van der Waals surface area (Å²) in [7, 11) is 0. The molecule has 0 aromatic rings. The van der Waals surface area contributed by atoms with Crippen LogP contribution in [0, 0.1) is 0 Å². The van der Waals surface area contributed by atoms with E-state index in [4.69, 9.17) is 4.74 Å². The summed E-state index contributed by atoms with van der Waals surface area (Å²) in [5.41, 5.74) is -0.219. The molecule has 0 bridgehead atoms. The summed E-state index contributed by atoms with van der Waals surface area (Å²) in [6.07, 6.45) is 3.01.